The molecule has 0 radical (unpaired) electrons. The Morgan fingerprint density at radius 1 is 1.50 bits per heavy atom. The number of ether oxygens (including phenoxy) is 1. The lowest BCUT2D eigenvalue weighted by Crippen LogP contribution is -2.40. The summed E-state index contributed by atoms with van der Waals surface area (Å²) in [6.45, 7) is 9.96. The summed E-state index contributed by atoms with van der Waals surface area (Å²) in [7, 11) is 1.83. The van der Waals surface area contributed by atoms with Gasteiger partial charge in [-0.2, -0.15) is 0 Å². The van der Waals surface area contributed by atoms with Crippen molar-refractivity contribution in [2.24, 2.45) is 10.4 Å². The van der Waals surface area contributed by atoms with Crippen LogP contribution in [0.2, 0.25) is 0 Å². The first-order valence-electron chi connectivity index (χ1n) is 7.58. The van der Waals surface area contributed by atoms with Crippen LogP contribution in [0.3, 0.4) is 0 Å². The first-order chi connectivity index (χ1) is 10.1. The zero-order valence-corrected chi connectivity index (χ0v) is 16.3. The van der Waals surface area contributed by atoms with Gasteiger partial charge in [-0.15, -0.1) is 24.0 Å². The van der Waals surface area contributed by atoms with E-state index in [0.717, 1.165) is 24.6 Å². The molecule has 0 bridgehead atoms. The highest BCUT2D eigenvalue weighted by atomic mass is 127. The molecule has 2 rings (SSSR count). The molecule has 5 nitrogen and oxygen atoms in total. The molecule has 1 aliphatic rings. The molecule has 0 saturated carbocycles. The number of rotatable bonds is 4. The summed E-state index contributed by atoms with van der Waals surface area (Å²) in [6, 6.07) is 3.97. The summed E-state index contributed by atoms with van der Waals surface area (Å²) in [5.74, 6) is 1.65. The van der Waals surface area contributed by atoms with E-state index in [4.69, 9.17) is 4.74 Å². The van der Waals surface area contributed by atoms with Gasteiger partial charge >= 0.3 is 0 Å². The second-order valence-electron chi connectivity index (χ2n) is 6.14. The first-order valence-corrected chi connectivity index (χ1v) is 7.58. The highest BCUT2D eigenvalue weighted by Gasteiger charge is 2.30. The van der Waals surface area contributed by atoms with Gasteiger partial charge in [0.25, 0.3) is 0 Å². The number of aromatic nitrogens is 1. The van der Waals surface area contributed by atoms with Crippen molar-refractivity contribution in [2.45, 2.75) is 33.7 Å². The Morgan fingerprint density at radius 3 is 2.86 bits per heavy atom. The summed E-state index contributed by atoms with van der Waals surface area (Å²) in [6.07, 6.45) is 2.96. The average molecular weight is 418 g/mol. The van der Waals surface area contributed by atoms with E-state index < -0.39 is 0 Å². The zero-order valence-electron chi connectivity index (χ0n) is 13.9. The molecule has 22 heavy (non-hydrogen) atoms. The van der Waals surface area contributed by atoms with Gasteiger partial charge in [0, 0.05) is 38.4 Å². The van der Waals surface area contributed by atoms with Gasteiger partial charge in [-0.3, -0.25) is 4.99 Å². The van der Waals surface area contributed by atoms with Crippen molar-refractivity contribution in [1.29, 1.82) is 0 Å². The van der Waals surface area contributed by atoms with Crippen molar-refractivity contribution in [3.05, 3.63) is 23.9 Å². The Hall–Kier alpha value is -1.05. The molecule has 2 heterocycles. The maximum atomic E-state index is 5.56. The van der Waals surface area contributed by atoms with E-state index >= 15 is 0 Å². The number of hydrogen-bond acceptors (Lipinski definition) is 3. The molecule has 1 N–H and O–H groups in total. The maximum absolute atomic E-state index is 5.56. The second-order valence-corrected chi connectivity index (χ2v) is 6.14. The summed E-state index contributed by atoms with van der Waals surface area (Å²) in [5, 5.41) is 3.42. The molecule has 0 spiro atoms. The normalized spacial score (nSPS) is 17.1. The third-order valence-corrected chi connectivity index (χ3v) is 3.76. The van der Waals surface area contributed by atoms with E-state index in [2.05, 4.69) is 34.0 Å². The van der Waals surface area contributed by atoms with Crippen molar-refractivity contribution in [1.82, 2.24) is 15.2 Å². The van der Waals surface area contributed by atoms with E-state index in [1.807, 2.05) is 26.1 Å². The number of nitrogens with zero attached hydrogens (tertiary/aromatic N) is 3. The van der Waals surface area contributed by atoms with Gasteiger partial charge in [0.15, 0.2) is 5.96 Å². The van der Waals surface area contributed by atoms with Crippen LogP contribution in [0, 0.1) is 5.41 Å². The molecule has 1 aromatic rings. The number of likely N-dealkylation sites (tertiary alicyclic amines) is 1. The fourth-order valence-corrected chi connectivity index (χ4v) is 2.63. The molecular weight excluding hydrogens is 391 g/mol. The smallest absolute Gasteiger partial charge is 0.218 e. The van der Waals surface area contributed by atoms with E-state index in [-0.39, 0.29) is 24.0 Å². The molecule has 0 unspecified atom stereocenters. The minimum Gasteiger partial charge on any atom is -0.478 e. The Kier molecular flexibility index (Phi) is 7.38. The lowest BCUT2D eigenvalue weighted by atomic mass is 9.93. The predicted molar refractivity (Wildman–Crippen MR) is 101 cm³/mol. The SMILES string of the molecule is CCOc1ncccc1CNC(=NC)N1CCC(C)(C)C1.I. The highest BCUT2D eigenvalue weighted by molar-refractivity contribution is 14.0. The number of halogens is 1. The quantitative estimate of drug-likeness (QED) is 0.464. The fraction of sp³-hybridized carbons (Fsp3) is 0.625. The molecule has 1 fully saturated rings. The van der Waals surface area contributed by atoms with Crippen LogP contribution in [0.25, 0.3) is 0 Å². The second kappa shape index (κ2) is 8.55. The zero-order chi connectivity index (χ0) is 15.3. The minimum absolute atomic E-state index is 0. The van der Waals surface area contributed by atoms with Crippen molar-refractivity contribution < 1.29 is 4.74 Å². The van der Waals surface area contributed by atoms with Gasteiger partial charge < -0.3 is 15.0 Å². The van der Waals surface area contributed by atoms with Gasteiger partial charge in [0.1, 0.15) is 0 Å². The molecule has 1 saturated heterocycles. The lowest BCUT2D eigenvalue weighted by molar-refractivity contribution is 0.322. The van der Waals surface area contributed by atoms with Crippen LogP contribution in [0.1, 0.15) is 32.8 Å². The molecule has 1 aliphatic heterocycles. The molecule has 0 atom stereocenters. The molecule has 0 amide bonds. The van der Waals surface area contributed by atoms with Crippen LogP contribution in [0.15, 0.2) is 23.3 Å². The van der Waals surface area contributed by atoms with Crippen LogP contribution >= 0.6 is 24.0 Å². The minimum atomic E-state index is 0. The third-order valence-electron chi connectivity index (χ3n) is 3.76. The van der Waals surface area contributed by atoms with Crippen LogP contribution in [-0.2, 0) is 6.54 Å². The van der Waals surface area contributed by atoms with Gasteiger partial charge in [0.05, 0.1) is 6.61 Å². The van der Waals surface area contributed by atoms with Crippen LogP contribution < -0.4 is 10.1 Å². The predicted octanol–water partition coefficient (Wildman–Crippen LogP) is 2.91. The lowest BCUT2D eigenvalue weighted by Gasteiger charge is -2.24. The van der Waals surface area contributed by atoms with Crippen molar-refractivity contribution in [3.8, 4) is 5.88 Å². The molecule has 124 valence electrons. The van der Waals surface area contributed by atoms with E-state index in [1.165, 1.54) is 6.42 Å². The van der Waals surface area contributed by atoms with Crippen LogP contribution in [0.4, 0.5) is 0 Å². The average Bonchev–Trinajstić information content (AvgIpc) is 2.82. The third kappa shape index (κ3) is 5.00. The van der Waals surface area contributed by atoms with E-state index in [1.54, 1.807) is 6.20 Å². The number of guanidine groups is 1. The molecule has 0 aliphatic carbocycles. The Labute approximate surface area is 150 Å². The molecule has 1 aromatic heterocycles. The highest BCUT2D eigenvalue weighted by Crippen LogP contribution is 2.28. The summed E-state index contributed by atoms with van der Waals surface area (Å²) in [5.41, 5.74) is 1.42. The summed E-state index contributed by atoms with van der Waals surface area (Å²) in [4.78, 5) is 11.0. The van der Waals surface area contributed by atoms with Gasteiger partial charge in [-0.1, -0.05) is 19.9 Å². The van der Waals surface area contributed by atoms with Gasteiger partial charge in [0.2, 0.25) is 5.88 Å². The fourth-order valence-electron chi connectivity index (χ4n) is 2.63. The van der Waals surface area contributed by atoms with Crippen molar-refractivity contribution in [2.75, 3.05) is 26.7 Å². The summed E-state index contributed by atoms with van der Waals surface area (Å²) < 4.78 is 5.56. The largest absolute Gasteiger partial charge is 0.478 e. The first kappa shape index (κ1) is 19.0. The standard InChI is InChI=1S/C16H26N4O.HI/c1-5-21-14-13(7-6-9-18-14)11-19-15(17-4)20-10-8-16(2,3)12-20;/h6-7,9H,5,8,10-12H2,1-4H3,(H,17,19);1H. The van der Waals surface area contributed by atoms with Crippen molar-refractivity contribution in [3.63, 3.8) is 0 Å². The van der Waals surface area contributed by atoms with Crippen LogP contribution in [-0.4, -0.2) is 42.6 Å². The summed E-state index contributed by atoms with van der Waals surface area (Å²) >= 11 is 0. The number of pyridine rings is 1. The van der Waals surface area contributed by atoms with Crippen molar-refractivity contribution >= 4 is 29.9 Å². The Bertz CT molecular complexity index is 505. The van der Waals surface area contributed by atoms with Crippen LogP contribution in [0.5, 0.6) is 5.88 Å². The Morgan fingerprint density at radius 2 is 2.27 bits per heavy atom. The van der Waals surface area contributed by atoms with E-state index in [9.17, 15) is 0 Å². The molecule has 0 aromatic carbocycles. The maximum Gasteiger partial charge on any atom is 0.218 e. The van der Waals surface area contributed by atoms with Gasteiger partial charge in [-0.05, 0) is 24.8 Å². The van der Waals surface area contributed by atoms with Gasteiger partial charge in [-0.25, -0.2) is 4.98 Å². The monoisotopic (exact) mass is 418 g/mol. The number of hydrogen-bond donors (Lipinski definition) is 1. The number of aliphatic imine (C=N–C) groups is 1. The Balaban J connectivity index is 0.00000242. The number of nitrogens with one attached hydrogen (secondary N) is 1. The topological polar surface area (TPSA) is 49.8 Å². The molecule has 6 heteroatoms. The van der Waals surface area contributed by atoms with E-state index in [0.29, 0.717) is 24.4 Å². The molecular formula is C16H27IN4O.